The topological polar surface area (TPSA) is 17.1 Å². The van der Waals surface area contributed by atoms with E-state index >= 15 is 0 Å². The first-order valence-corrected chi connectivity index (χ1v) is 12.5. The van der Waals surface area contributed by atoms with Crippen molar-refractivity contribution in [1.29, 1.82) is 0 Å². The van der Waals surface area contributed by atoms with Crippen molar-refractivity contribution in [3.63, 3.8) is 0 Å². The molecule has 1 heterocycles. The third kappa shape index (κ3) is 3.00. The van der Waals surface area contributed by atoms with Gasteiger partial charge in [-0.25, -0.2) is 0 Å². The van der Waals surface area contributed by atoms with E-state index in [9.17, 15) is 4.79 Å². The van der Waals surface area contributed by atoms with Crippen molar-refractivity contribution in [2.24, 2.45) is 10.8 Å². The Labute approximate surface area is 179 Å². The highest BCUT2D eigenvalue weighted by atomic mass is 32.3. The van der Waals surface area contributed by atoms with E-state index in [0.717, 1.165) is 5.75 Å². The second-order valence-electron chi connectivity index (χ2n) is 8.10. The molecule has 2 aliphatic rings. The molecular weight excluding hydrogens is 409 g/mol. The van der Waals surface area contributed by atoms with Gasteiger partial charge in [-0.3, -0.25) is 4.79 Å². The van der Waals surface area contributed by atoms with Crippen molar-refractivity contribution in [2.75, 3.05) is 5.75 Å². The molecule has 0 aromatic heterocycles. The van der Waals surface area contributed by atoms with Crippen molar-refractivity contribution in [3.05, 3.63) is 60.7 Å². The highest BCUT2D eigenvalue weighted by Crippen LogP contribution is 2.80. The van der Waals surface area contributed by atoms with Crippen molar-refractivity contribution >= 4 is 52.8 Å². The second kappa shape index (κ2) is 6.79. The first kappa shape index (κ1) is 19.8. The molecule has 2 fully saturated rings. The lowest BCUT2D eigenvalue weighted by Gasteiger charge is -2.62. The Balaban J connectivity index is 1.71. The van der Waals surface area contributed by atoms with Crippen molar-refractivity contribution in [1.82, 2.24) is 0 Å². The SMILES string of the molecule is CC1(C)C(=O)C(C)(C)C12SCC(Sc1ccccc1)(Sc1ccccc1)S2. The maximum atomic E-state index is 12.9. The zero-order valence-electron chi connectivity index (χ0n) is 16.0. The predicted octanol–water partition coefficient (Wildman–Crippen LogP) is 7.04. The van der Waals surface area contributed by atoms with E-state index in [1.165, 1.54) is 9.79 Å². The minimum absolute atomic E-state index is 0.0530. The number of hydrogen-bond acceptors (Lipinski definition) is 5. The van der Waals surface area contributed by atoms with Gasteiger partial charge in [0.2, 0.25) is 0 Å². The third-order valence-electron chi connectivity index (χ3n) is 5.57. The molecule has 1 saturated carbocycles. The summed E-state index contributed by atoms with van der Waals surface area (Å²) in [5.74, 6) is 1.40. The zero-order chi connectivity index (χ0) is 19.3. The highest BCUT2D eigenvalue weighted by Gasteiger charge is 2.77. The van der Waals surface area contributed by atoms with Gasteiger partial charge in [0.1, 0.15) is 9.19 Å². The van der Waals surface area contributed by atoms with Crippen LogP contribution in [0.3, 0.4) is 0 Å². The summed E-state index contributed by atoms with van der Waals surface area (Å²) in [4.78, 5) is 15.4. The van der Waals surface area contributed by atoms with E-state index in [2.05, 4.69) is 88.4 Å². The number of Topliss-reactive ketones (excluding diaryl/α,β-unsaturated/α-hetero) is 1. The van der Waals surface area contributed by atoms with E-state index in [-0.39, 0.29) is 18.3 Å². The van der Waals surface area contributed by atoms with Crippen LogP contribution in [0.2, 0.25) is 0 Å². The Hall–Kier alpha value is -0.490. The van der Waals surface area contributed by atoms with Gasteiger partial charge in [0.15, 0.2) is 0 Å². The first-order chi connectivity index (χ1) is 12.7. The summed E-state index contributed by atoms with van der Waals surface area (Å²) in [6.45, 7) is 8.54. The van der Waals surface area contributed by atoms with Crippen LogP contribution in [0.15, 0.2) is 70.5 Å². The lowest BCUT2D eigenvalue weighted by molar-refractivity contribution is -0.152. The summed E-state index contributed by atoms with van der Waals surface area (Å²) in [6, 6.07) is 21.3. The van der Waals surface area contributed by atoms with Gasteiger partial charge in [0.25, 0.3) is 0 Å². The first-order valence-electron chi connectivity index (χ1n) is 9.10. The van der Waals surface area contributed by atoms with Crippen LogP contribution in [-0.4, -0.2) is 19.0 Å². The normalized spacial score (nSPS) is 23.9. The maximum absolute atomic E-state index is 12.9. The lowest BCUT2D eigenvalue weighted by Crippen LogP contribution is -2.70. The summed E-state index contributed by atoms with van der Waals surface area (Å²) in [5.41, 5.74) is -0.607. The van der Waals surface area contributed by atoms with E-state index in [1.807, 2.05) is 47.0 Å². The van der Waals surface area contributed by atoms with Gasteiger partial charge in [0, 0.05) is 26.4 Å². The van der Waals surface area contributed by atoms with Gasteiger partial charge in [-0.1, -0.05) is 87.6 Å². The van der Waals surface area contributed by atoms with Gasteiger partial charge in [-0.05, 0) is 24.3 Å². The van der Waals surface area contributed by atoms with Crippen LogP contribution in [0, 0.1) is 10.8 Å². The Kier molecular flexibility index (Phi) is 4.98. The molecule has 0 radical (unpaired) electrons. The summed E-state index contributed by atoms with van der Waals surface area (Å²) in [6.07, 6.45) is 0. The fraction of sp³-hybridized carbons (Fsp3) is 0.409. The minimum Gasteiger partial charge on any atom is -0.298 e. The van der Waals surface area contributed by atoms with Crippen LogP contribution in [0.4, 0.5) is 0 Å². The molecule has 142 valence electrons. The zero-order valence-corrected chi connectivity index (χ0v) is 19.3. The number of ketones is 1. The Morgan fingerprint density at radius 3 is 1.67 bits per heavy atom. The van der Waals surface area contributed by atoms with E-state index in [0.29, 0.717) is 5.78 Å². The summed E-state index contributed by atoms with van der Waals surface area (Å²) < 4.78 is -0.136. The largest absolute Gasteiger partial charge is 0.298 e. The van der Waals surface area contributed by atoms with Gasteiger partial charge < -0.3 is 0 Å². The van der Waals surface area contributed by atoms with Crippen LogP contribution >= 0.6 is 47.0 Å². The molecule has 1 aliphatic heterocycles. The number of benzene rings is 2. The standard InChI is InChI=1S/C22H24OS4/c1-19(2)18(23)20(3,4)22(19)24-15-21(27-22,25-16-11-7-5-8-12-16)26-17-13-9-6-10-14-17/h5-14H,15H2,1-4H3. The molecule has 1 spiro atoms. The number of carbonyl (C=O) groups excluding carboxylic acids is 1. The second-order valence-corrected chi connectivity index (χ2v) is 14.6. The molecule has 2 aromatic carbocycles. The average molecular weight is 433 g/mol. The predicted molar refractivity (Wildman–Crippen MR) is 123 cm³/mol. The minimum atomic E-state index is -0.303. The Bertz CT molecular complexity index is 786. The molecule has 0 amide bonds. The van der Waals surface area contributed by atoms with E-state index in [4.69, 9.17) is 0 Å². The molecule has 0 N–H and O–H groups in total. The molecule has 0 atom stereocenters. The molecule has 5 heteroatoms. The fourth-order valence-electron chi connectivity index (χ4n) is 4.34. The van der Waals surface area contributed by atoms with E-state index < -0.39 is 0 Å². The molecule has 27 heavy (non-hydrogen) atoms. The Morgan fingerprint density at radius 1 is 0.778 bits per heavy atom. The monoisotopic (exact) mass is 432 g/mol. The fourth-order valence-corrected chi connectivity index (χ4v) is 12.9. The number of carbonyl (C=O) groups is 1. The number of thioether (sulfide) groups is 4. The summed E-state index contributed by atoms with van der Waals surface area (Å²) in [7, 11) is 0. The van der Waals surface area contributed by atoms with Crippen LogP contribution in [-0.2, 0) is 4.79 Å². The van der Waals surface area contributed by atoms with Crippen LogP contribution in [0.25, 0.3) is 0 Å². The smallest absolute Gasteiger partial charge is 0.148 e. The van der Waals surface area contributed by atoms with Crippen molar-refractivity contribution in [2.45, 2.75) is 45.0 Å². The number of rotatable bonds is 4. The maximum Gasteiger partial charge on any atom is 0.148 e. The highest BCUT2D eigenvalue weighted by molar-refractivity contribution is 8.40. The van der Waals surface area contributed by atoms with Gasteiger partial charge in [-0.2, -0.15) is 0 Å². The Morgan fingerprint density at radius 2 is 1.22 bits per heavy atom. The molecule has 2 aromatic rings. The summed E-state index contributed by atoms with van der Waals surface area (Å²) >= 11 is 7.90. The molecule has 4 rings (SSSR count). The quantitative estimate of drug-likeness (QED) is 0.481. The molecule has 0 unspecified atom stereocenters. The van der Waals surface area contributed by atoms with Gasteiger partial charge in [0.05, 0.1) is 4.08 Å². The number of hydrogen-bond donors (Lipinski definition) is 0. The van der Waals surface area contributed by atoms with Gasteiger partial charge >= 0.3 is 0 Å². The van der Waals surface area contributed by atoms with Crippen molar-refractivity contribution < 1.29 is 4.79 Å². The molecule has 1 saturated heterocycles. The lowest BCUT2D eigenvalue weighted by atomic mass is 9.53. The summed E-state index contributed by atoms with van der Waals surface area (Å²) in [5, 5.41) is 0. The molecule has 1 nitrogen and oxygen atoms in total. The van der Waals surface area contributed by atoms with Crippen molar-refractivity contribution in [3.8, 4) is 0 Å². The van der Waals surface area contributed by atoms with E-state index in [1.54, 1.807) is 0 Å². The van der Waals surface area contributed by atoms with Gasteiger partial charge in [-0.15, -0.1) is 23.5 Å². The molecule has 1 aliphatic carbocycles. The third-order valence-corrected chi connectivity index (χ3v) is 13.9. The molecular formula is C22H24OS4. The average Bonchev–Trinajstić information content (AvgIpc) is 3.05. The van der Waals surface area contributed by atoms with Crippen LogP contribution in [0.5, 0.6) is 0 Å². The van der Waals surface area contributed by atoms with Crippen LogP contribution in [0.1, 0.15) is 27.7 Å². The molecule has 0 bridgehead atoms. The van der Waals surface area contributed by atoms with Crippen LogP contribution < -0.4 is 0 Å².